The molecule has 2 aromatic carbocycles. The van der Waals surface area contributed by atoms with Gasteiger partial charge < -0.3 is 5.32 Å². The monoisotopic (exact) mass is 323 g/mol. The van der Waals surface area contributed by atoms with Crippen molar-refractivity contribution < 1.29 is 9.18 Å². The number of amides is 1. The summed E-state index contributed by atoms with van der Waals surface area (Å²) >= 11 is 0. The molecule has 3 rings (SSSR count). The van der Waals surface area contributed by atoms with Crippen LogP contribution in [0.2, 0.25) is 0 Å². The molecule has 0 saturated carbocycles. The minimum atomic E-state index is -0.299. The van der Waals surface area contributed by atoms with Gasteiger partial charge in [0.05, 0.1) is 13.0 Å². The normalized spacial score (nSPS) is 10.5. The fourth-order valence-electron chi connectivity index (χ4n) is 2.50. The van der Waals surface area contributed by atoms with Crippen molar-refractivity contribution in [2.75, 3.05) is 0 Å². The van der Waals surface area contributed by atoms with E-state index in [0.717, 1.165) is 16.7 Å². The van der Waals surface area contributed by atoms with Crippen LogP contribution in [0.4, 0.5) is 4.39 Å². The molecule has 0 aliphatic rings. The molecule has 122 valence electrons. The van der Waals surface area contributed by atoms with E-state index in [-0.39, 0.29) is 18.1 Å². The fourth-order valence-corrected chi connectivity index (χ4v) is 2.50. The van der Waals surface area contributed by atoms with Crippen LogP contribution in [0.1, 0.15) is 16.7 Å². The SMILES string of the molecule is O=C(Cc1ccc(F)cc1)NCc1ccccc1Cn1cccn1. The summed E-state index contributed by atoms with van der Waals surface area (Å²) in [6.07, 6.45) is 3.89. The Hall–Kier alpha value is -2.95. The summed E-state index contributed by atoms with van der Waals surface area (Å²) in [5, 5.41) is 7.13. The molecule has 0 fully saturated rings. The molecule has 0 unspecified atom stereocenters. The molecule has 1 heterocycles. The number of carbonyl (C=O) groups is 1. The summed E-state index contributed by atoms with van der Waals surface area (Å²) in [5.41, 5.74) is 2.96. The number of nitrogens with zero attached hydrogens (tertiary/aromatic N) is 2. The molecule has 0 aliphatic heterocycles. The van der Waals surface area contributed by atoms with Gasteiger partial charge in [0.15, 0.2) is 0 Å². The summed E-state index contributed by atoms with van der Waals surface area (Å²) in [5.74, 6) is -0.387. The molecule has 0 bridgehead atoms. The Balaban J connectivity index is 1.60. The molecule has 0 spiro atoms. The van der Waals surface area contributed by atoms with E-state index < -0.39 is 0 Å². The maximum atomic E-state index is 12.9. The van der Waals surface area contributed by atoms with Crippen molar-refractivity contribution in [2.45, 2.75) is 19.5 Å². The number of hydrogen-bond donors (Lipinski definition) is 1. The fraction of sp³-hybridized carbons (Fsp3) is 0.158. The van der Waals surface area contributed by atoms with Crippen LogP contribution < -0.4 is 5.32 Å². The number of rotatable bonds is 6. The van der Waals surface area contributed by atoms with Gasteiger partial charge in [-0.05, 0) is 34.9 Å². The van der Waals surface area contributed by atoms with E-state index in [1.165, 1.54) is 12.1 Å². The van der Waals surface area contributed by atoms with Gasteiger partial charge in [-0.2, -0.15) is 5.10 Å². The number of benzene rings is 2. The second kappa shape index (κ2) is 7.55. The third kappa shape index (κ3) is 4.29. The molecule has 5 heteroatoms. The number of halogens is 1. The third-order valence-corrected chi connectivity index (χ3v) is 3.76. The average molecular weight is 323 g/mol. The van der Waals surface area contributed by atoms with E-state index in [2.05, 4.69) is 10.4 Å². The topological polar surface area (TPSA) is 46.9 Å². The molecule has 1 N–H and O–H groups in total. The van der Waals surface area contributed by atoms with E-state index in [0.29, 0.717) is 13.1 Å². The van der Waals surface area contributed by atoms with Crippen molar-refractivity contribution in [1.82, 2.24) is 15.1 Å². The Labute approximate surface area is 139 Å². The lowest BCUT2D eigenvalue weighted by Crippen LogP contribution is -2.25. The maximum Gasteiger partial charge on any atom is 0.224 e. The molecule has 1 amide bonds. The molecule has 1 aromatic heterocycles. The number of carbonyl (C=O) groups excluding carboxylic acids is 1. The molecule has 0 atom stereocenters. The van der Waals surface area contributed by atoms with Crippen LogP contribution in [0.25, 0.3) is 0 Å². The van der Waals surface area contributed by atoms with Crippen LogP contribution in [-0.2, 0) is 24.3 Å². The first-order valence-corrected chi connectivity index (χ1v) is 7.76. The Bertz CT molecular complexity index is 798. The molecule has 4 nitrogen and oxygen atoms in total. The van der Waals surface area contributed by atoms with Gasteiger partial charge in [-0.25, -0.2) is 4.39 Å². The van der Waals surface area contributed by atoms with Crippen LogP contribution in [0.3, 0.4) is 0 Å². The number of nitrogens with one attached hydrogen (secondary N) is 1. The molecular formula is C19H18FN3O. The Morgan fingerprint density at radius 3 is 2.50 bits per heavy atom. The zero-order chi connectivity index (χ0) is 16.8. The first-order chi connectivity index (χ1) is 11.7. The molecule has 0 radical (unpaired) electrons. The van der Waals surface area contributed by atoms with E-state index >= 15 is 0 Å². The number of aromatic nitrogens is 2. The Morgan fingerprint density at radius 2 is 1.79 bits per heavy atom. The highest BCUT2D eigenvalue weighted by atomic mass is 19.1. The second-order valence-corrected chi connectivity index (χ2v) is 5.55. The summed E-state index contributed by atoms with van der Waals surface area (Å²) in [6, 6.07) is 15.8. The molecule has 3 aromatic rings. The van der Waals surface area contributed by atoms with Crippen LogP contribution in [-0.4, -0.2) is 15.7 Å². The van der Waals surface area contributed by atoms with Crippen LogP contribution in [0.5, 0.6) is 0 Å². The Kier molecular flexibility index (Phi) is 5.01. The van der Waals surface area contributed by atoms with Gasteiger partial charge in [-0.1, -0.05) is 36.4 Å². The maximum absolute atomic E-state index is 12.9. The molecule has 0 aliphatic carbocycles. The molecule has 24 heavy (non-hydrogen) atoms. The smallest absolute Gasteiger partial charge is 0.224 e. The van der Waals surface area contributed by atoms with E-state index in [1.807, 2.05) is 41.2 Å². The summed E-state index contributed by atoms with van der Waals surface area (Å²) in [6.45, 7) is 1.12. The van der Waals surface area contributed by atoms with Gasteiger partial charge in [-0.15, -0.1) is 0 Å². The van der Waals surface area contributed by atoms with Gasteiger partial charge in [0, 0.05) is 18.9 Å². The quantitative estimate of drug-likeness (QED) is 0.758. The van der Waals surface area contributed by atoms with Gasteiger partial charge in [0.25, 0.3) is 0 Å². The van der Waals surface area contributed by atoms with Gasteiger partial charge in [0.1, 0.15) is 5.82 Å². The van der Waals surface area contributed by atoms with E-state index in [4.69, 9.17) is 0 Å². The van der Waals surface area contributed by atoms with Crippen molar-refractivity contribution in [3.05, 3.63) is 89.5 Å². The molecular weight excluding hydrogens is 305 g/mol. The van der Waals surface area contributed by atoms with Crippen molar-refractivity contribution in [3.63, 3.8) is 0 Å². The Morgan fingerprint density at radius 1 is 1.04 bits per heavy atom. The number of hydrogen-bond acceptors (Lipinski definition) is 2. The zero-order valence-electron chi connectivity index (χ0n) is 13.2. The predicted molar refractivity (Wildman–Crippen MR) is 89.7 cm³/mol. The predicted octanol–water partition coefficient (Wildman–Crippen LogP) is 2.93. The lowest BCUT2D eigenvalue weighted by molar-refractivity contribution is -0.120. The average Bonchev–Trinajstić information content (AvgIpc) is 3.09. The molecule has 0 saturated heterocycles. The summed E-state index contributed by atoms with van der Waals surface area (Å²) in [7, 11) is 0. The van der Waals surface area contributed by atoms with E-state index in [9.17, 15) is 9.18 Å². The highest BCUT2D eigenvalue weighted by molar-refractivity contribution is 5.78. The standard InChI is InChI=1S/C19H18FN3O/c20-18-8-6-15(7-9-18)12-19(24)21-13-16-4-1-2-5-17(16)14-23-11-3-10-22-23/h1-11H,12-14H2,(H,21,24). The van der Waals surface area contributed by atoms with Crippen molar-refractivity contribution >= 4 is 5.91 Å². The van der Waals surface area contributed by atoms with Gasteiger partial charge in [-0.3, -0.25) is 9.48 Å². The van der Waals surface area contributed by atoms with Crippen LogP contribution in [0, 0.1) is 5.82 Å². The van der Waals surface area contributed by atoms with Crippen LogP contribution in [0.15, 0.2) is 67.0 Å². The largest absolute Gasteiger partial charge is 0.352 e. The highest BCUT2D eigenvalue weighted by Gasteiger charge is 2.07. The summed E-state index contributed by atoms with van der Waals surface area (Å²) in [4.78, 5) is 12.1. The van der Waals surface area contributed by atoms with Crippen molar-refractivity contribution in [3.8, 4) is 0 Å². The lowest BCUT2D eigenvalue weighted by atomic mass is 10.1. The third-order valence-electron chi connectivity index (χ3n) is 3.76. The van der Waals surface area contributed by atoms with Gasteiger partial charge >= 0.3 is 0 Å². The van der Waals surface area contributed by atoms with E-state index in [1.54, 1.807) is 18.3 Å². The summed E-state index contributed by atoms with van der Waals surface area (Å²) < 4.78 is 14.7. The second-order valence-electron chi connectivity index (χ2n) is 5.55. The zero-order valence-corrected chi connectivity index (χ0v) is 13.2. The first kappa shape index (κ1) is 15.9. The highest BCUT2D eigenvalue weighted by Crippen LogP contribution is 2.10. The minimum absolute atomic E-state index is 0.0875. The minimum Gasteiger partial charge on any atom is -0.352 e. The van der Waals surface area contributed by atoms with Crippen LogP contribution >= 0.6 is 0 Å². The first-order valence-electron chi connectivity index (χ1n) is 7.76. The van der Waals surface area contributed by atoms with Gasteiger partial charge in [0.2, 0.25) is 5.91 Å². The lowest BCUT2D eigenvalue weighted by Gasteiger charge is -2.11. The van der Waals surface area contributed by atoms with Crippen molar-refractivity contribution in [2.24, 2.45) is 0 Å². The van der Waals surface area contributed by atoms with Crippen molar-refractivity contribution in [1.29, 1.82) is 0 Å².